The van der Waals surface area contributed by atoms with Crippen LogP contribution in [0.25, 0.3) is 0 Å². The van der Waals surface area contributed by atoms with E-state index in [1.54, 1.807) is 0 Å². The van der Waals surface area contributed by atoms with Crippen LogP contribution in [0.4, 0.5) is 0 Å². The molecule has 1 heterocycles. The summed E-state index contributed by atoms with van der Waals surface area (Å²) in [6, 6.07) is -0.895. The van der Waals surface area contributed by atoms with Gasteiger partial charge >= 0.3 is 0 Å². The number of methoxy groups -OCH3 is 1. The number of hydrogen-bond donors (Lipinski definition) is 5. The third-order valence-corrected chi connectivity index (χ3v) is 3.05. The Morgan fingerprint density at radius 1 is 1.42 bits per heavy atom. The normalized spacial score (nSPS) is 35.1. The van der Waals surface area contributed by atoms with Gasteiger partial charge in [0, 0.05) is 13.5 Å². The molecular formula is C11H22N2O6. The van der Waals surface area contributed by atoms with Gasteiger partial charge < -0.3 is 35.8 Å². The lowest BCUT2D eigenvalue weighted by atomic mass is 9.97. The molecule has 1 rings (SSSR count). The van der Waals surface area contributed by atoms with Gasteiger partial charge in [-0.2, -0.15) is 0 Å². The molecule has 8 nitrogen and oxygen atoms in total. The summed E-state index contributed by atoms with van der Waals surface area (Å²) >= 11 is 0. The number of aliphatic hydroxyl groups is 3. The number of rotatable bonds is 6. The second-order valence-corrected chi connectivity index (χ2v) is 4.43. The molecule has 5 atom stereocenters. The van der Waals surface area contributed by atoms with Crippen LogP contribution in [0.2, 0.25) is 0 Å². The number of carbonyl (C=O) groups excluding carboxylic acids is 1. The minimum absolute atomic E-state index is 0.218. The number of ether oxygens (including phenoxy) is 2. The number of amides is 1. The van der Waals surface area contributed by atoms with Crippen LogP contribution >= 0.6 is 0 Å². The molecule has 0 aromatic carbocycles. The van der Waals surface area contributed by atoms with Crippen molar-refractivity contribution in [2.75, 3.05) is 20.3 Å². The Kier molecular flexibility index (Phi) is 6.63. The zero-order chi connectivity index (χ0) is 14.4. The smallest absolute Gasteiger partial charge is 0.220 e. The van der Waals surface area contributed by atoms with Gasteiger partial charge in [0.15, 0.2) is 6.29 Å². The molecule has 0 bridgehead atoms. The van der Waals surface area contributed by atoms with Crippen LogP contribution in [-0.2, 0) is 14.3 Å². The first kappa shape index (κ1) is 16.3. The van der Waals surface area contributed by atoms with E-state index >= 15 is 0 Å². The number of nitrogens with two attached hydrogens (primary N) is 1. The maximum absolute atomic E-state index is 11.6. The summed E-state index contributed by atoms with van der Waals surface area (Å²) in [5, 5.41) is 31.3. The summed E-state index contributed by atoms with van der Waals surface area (Å²) in [7, 11) is 1.35. The first-order chi connectivity index (χ1) is 9.04. The van der Waals surface area contributed by atoms with E-state index in [0.717, 1.165) is 0 Å². The average molecular weight is 278 g/mol. The van der Waals surface area contributed by atoms with Crippen LogP contribution in [0.3, 0.4) is 0 Å². The molecular weight excluding hydrogens is 256 g/mol. The van der Waals surface area contributed by atoms with Crippen LogP contribution in [0.15, 0.2) is 0 Å². The molecule has 5 unspecified atom stereocenters. The molecule has 112 valence electrons. The van der Waals surface area contributed by atoms with E-state index in [1.807, 2.05) is 0 Å². The van der Waals surface area contributed by atoms with Gasteiger partial charge in [0.2, 0.25) is 5.91 Å². The Bertz CT molecular complexity index is 288. The Balaban J connectivity index is 2.65. The first-order valence-electron chi connectivity index (χ1n) is 6.19. The zero-order valence-corrected chi connectivity index (χ0v) is 10.9. The molecule has 0 spiro atoms. The van der Waals surface area contributed by atoms with E-state index in [0.29, 0.717) is 13.0 Å². The summed E-state index contributed by atoms with van der Waals surface area (Å²) in [5.74, 6) is -0.310. The van der Waals surface area contributed by atoms with Crippen LogP contribution in [0, 0.1) is 0 Å². The SMILES string of the molecule is COC1OC(CO)C(O)C(O)C1NC(=O)CCCN. The van der Waals surface area contributed by atoms with Crippen LogP contribution in [0.5, 0.6) is 0 Å². The molecule has 1 aliphatic rings. The molecule has 0 aromatic rings. The molecule has 0 aliphatic carbocycles. The van der Waals surface area contributed by atoms with E-state index in [9.17, 15) is 15.0 Å². The molecule has 0 aromatic heterocycles. The van der Waals surface area contributed by atoms with Crippen molar-refractivity contribution in [3.63, 3.8) is 0 Å². The lowest BCUT2D eigenvalue weighted by Crippen LogP contribution is -2.64. The zero-order valence-electron chi connectivity index (χ0n) is 10.9. The lowest BCUT2D eigenvalue weighted by molar-refractivity contribution is -0.262. The highest BCUT2D eigenvalue weighted by Crippen LogP contribution is 2.21. The van der Waals surface area contributed by atoms with Gasteiger partial charge in [0.25, 0.3) is 0 Å². The predicted octanol–water partition coefficient (Wildman–Crippen LogP) is -2.70. The van der Waals surface area contributed by atoms with Crippen molar-refractivity contribution in [2.24, 2.45) is 5.73 Å². The van der Waals surface area contributed by atoms with Crippen molar-refractivity contribution in [1.29, 1.82) is 0 Å². The van der Waals surface area contributed by atoms with E-state index in [4.69, 9.17) is 20.3 Å². The standard InChI is InChI=1S/C11H22N2O6/c1-18-11-8(13-7(15)3-2-4-12)10(17)9(16)6(5-14)19-11/h6,8-11,14,16-17H,2-5,12H2,1H3,(H,13,15). The van der Waals surface area contributed by atoms with Crippen LogP contribution < -0.4 is 11.1 Å². The maximum atomic E-state index is 11.6. The number of hydrogen-bond acceptors (Lipinski definition) is 7. The highest BCUT2D eigenvalue weighted by molar-refractivity contribution is 5.76. The Hall–Kier alpha value is -0.770. The maximum Gasteiger partial charge on any atom is 0.220 e. The third kappa shape index (κ3) is 4.10. The van der Waals surface area contributed by atoms with Gasteiger partial charge in [-0.3, -0.25) is 4.79 Å². The first-order valence-corrected chi connectivity index (χ1v) is 6.19. The number of nitrogens with one attached hydrogen (secondary N) is 1. The summed E-state index contributed by atoms with van der Waals surface area (Å²) in [6.07, 6.45) is -3.71. The fourth-order valence-corrected chi connectivity index (χ4v) is 1.96. The Labute approximate surface area is 111 Å². The molecule has 0 radical (unpaired) electrons. The molecule has 1 saturated heterocycles. The summed E-state index contributed by atoms with van der Waals surface area (Å²) in [6.45, 7) is -0.0635. The second kappa shape index (κ2) is 7.73. The van der Waals surface area contributed by atoms with E-state index in [2.05, 4.69) is 5.32 Å². The summed E-state index contributed by atoms with van der Waals surface area (Å²) in [4.78, 5) is 11.6. The Morgan fingerprint density at radius 2 is 2.11 bits per heavy atom. The van der Waals surface area contributed by atoms with E-state index in [1.165, 1.54) is 7.11 Å². The van der Waals surface area contributed by atoms with Crippen molar-refractivity contribution in [2.45, 2.75) is 43.5 Å². The fourth-order valence-electron chi connectivity index (χ4n) is 1.96. The van der Waals surface area contributed by atoms with Crippen molar-refractivity contribution in [1.82, 2.24) is 5.32 Å². The third-order valence-electron chi connectivity index (χ3n) is 3.05. The largest absolute Gasteiger partial charge is 0.394 e. The van der Waals surface area contributed by atoms with Crippen molar-refractivity contribution in [3.05, 3.63) is 0 Å². The quantitative estimate of drug-likeness (QED) is 0.357. The minimum atomic E-state index is -1.30. The van der Waals surface area contributed by atoms with Gasteiger partial charge in [-0.25, -0.2) is 0 Å². The van der Waals surface area contributed by atoms with Gasteiger partial charge in [-0.1, -0.05) is 0 Å². The molecule has 0 saturated carbocycles. The second-order valence-electron chi connectivity index (χ2n) is 4.43. The van der Waals surface area contributed by atoms with Gasteiger partial charge in [0.05, 0.1) is 6.61 Å². The molecule has 19 heavy (non-hydrogen) atoms. The van der Waals surface area contributed by atoms with Gasteiger partial charge in [0.1, 0.15) is 24.4 Å². The number of aliphatic hydroxyl groups excluding tert-OH is 3. The van der Waals surface area contributed by atoms with Gasteiger partial charge in [-0.15, -0.1) is 0 Å². The topological polar surface area (TPSA) is 134 Å². The van der Waals surface area contributed by atoms with E-state index in [-0.39, 0.29) is 12.3 Å². The summed E-state index contributed by atoms with van der Waals surface area (Å²) < 4.78 is 10.3. The predicted molar refractivity (Wildman–Crippen MR) is 65.0 cm³/mol. The molecule has 1 fully saturated rings. The van der Waals surface area contributed by atoms with Crippen LogP contribution in [0.1, 0.15) is 12.8 Å². The fraction of sp³-hybridized carbons (Fsp3) is 0.909. The highest BCUT2D eigenvalue weighted by Gasteiger charge is 2.45. The van der Waals surface area contributed by atoms with Crippen molar-refractivity contribution < 1.29 is 29.6 Å². The molecule has 1 aliphatic heterocycles. The minimum Gasteiger partial charge on any atom is -0.394 e. The van der Waals surface area contributed by atoms with E-state index < -0.39 is 37.3 Å². The Morgan fingerprint density at radius 3 is 2.63 bits per heavy atom. The van der Waals surface area contributed by atoms with Crippen molar-refractivity contribution in [3.8, 4) is 0 Å². The number of carbonyl (C=O) groups is 1. The van der Waals surface area contributed by atoms with Gasteiger partial charge in [-0.05, 0) is 13.0 Å². The molecule has 1 amide bonds. The lowest BCUT2D eigenvalue weighted by Gasteiger charge is -2.41. The highest BCUT2D eigenvalue weighted by atomic mass is 16.7. The summed E-state index contributed by atoms with van der Waals surface area (Å²) in [5.41, 5.74) is 5.30. The van der Waals surface area contributed by atoms with Crippen LogP contribution in [-0.4, -0.2) is 72.1 Å². The average Bonchev–Trinajstić information content (AvgIpc) is 2.42. The molecule has 6 N–H and O–H groups in total. The van der Waals surface area contributed by atoms with Crippen molar-refractivity contribution >= 4 is 5.91 Å². The molecule has 8 heteroatoms. The monoisotopic (exact) mass is 278 g/mol.